The van der Waals surface area contributed by atoms with Crippen molar-refractivity contribution in [2.75, 3.05) is 6.54 Å². The van der Waals surface area contributed by atoms with Gasteiger partial charge in [-0.25, -0.2) is 9.59 Å². The number of fused-ring (bicyclic) bond motifs is 2. The second-order valence-corrected chi connectivity index (χ2v) is 8.72. The van der Waals surface area contributed by atoms with Crippen molar-refractivity contribution in [2.24, 2.45) is 5.92 Å². The second kappa shape index (κ2) is 6.92. The van der Waals surface area contributed by atoms with Crippen molar-refractivity contribution in [3.8, 4) is 11.3 Å². The van der Waals surface area contributed by atoms with Crippen LogP contribution in [0.15, 0.2) is 22.7 Å². The Hall–Kier alpha value is -2.25. The summed E-state index contributed by atoms with van der Waals surface area (Å²) in [5, 5.41) is 14.1. The number of hydrogen-bond acceptors (Lipinski definition) is 5. The number of ether oxygens (including phenoxy) is 1. The Morgan fingerprint density at radius 1 is 1.21 bits per heavy atom. The number of likely N-dealkylation sites (tertiary alicyclic amines) is 1. The summed E-state index contributed by atoms with van der Waals surface area (Å²) in [4.78, 5) is 25.9. The van der Waals surface area contributed by atoms with E-state index < -0.39 is 12.1 Å². The zero-order chi connectivity index (χ0) is 20.3. The van der Waals surface area contributed by atoms with E-state index in [-0.39, 0.29) is 29.5 Å². The molecule has 1 aromatic heterocycles. The van der Waals surface area contributed by atoms with E-state index >= 15 is 0 Å². The van der Waals surface area contributed by atoms with Crippen LogP contribution in [-0.2, 0) is 4.74 Å². The fourth-order valence-electron chi connectivity index (χ4n) is 4.50. The highest BCUT2D eigenvalue weighted by Gasteiger charge is 2.49. The molecule has 2 heterocycles. The van der Waals surface area contributed by atoms with Crippen LogP contribution in [0.25, 0.3) is 11.3 Å². The van der Waals surface area contributed by atoms with E-state index in [2.05, 4.69) is 5.16 Å². The molecular formula is C20H18Cl2N2O5. The summed E-state index contributed by atoms with van der Waals surface area (Å²) in [6.07, 6.45) is 1.83. The maximum atomic E-state index is 13.2. The zero-order valence-corrected chi connectivity index (χ0v) is 16.8. The Morgan fingerprint density at radius 2 is 1.93 bits per heavy atom. The third-order valence-electron chi connectivity index (χ3n) is 6.05. The molecule has 29 heavy (non-hydrogen) atoms. The van der Waals surface area contributed by atoms with Crippen LogP contribution in [0.1, 0.15) is 47.7 Å². The zero-order valence-electron chi connectivity index (χ0n) is 15.3. The van der Waals surface area contributed by atoms with Crippen molar-refractivity contribution in [2.45, 2.75) is 43.7 Å². The highest BCUT2D eigenvalue weighted by Crippen LogP contribution is 2.47. The van der Waals surface area contributed by atoms with Crippen LogP contribution in [-0.4, -0.2) is 45.9 Å². The van der Waals surface area contributed by atoms with Crippen LogP contribution < -0.4 is 0 Å². The van der Waals surface area contributed by atoms with Gasteiger partial charge in [0.1, 0.15) is 17.4 Å². The average molecular weight is 437 g/mol. The van der Waals surface area contributed by atoms with E-state index in [1.807, 2.05) is 0 Å². The number of rotatable bonds is 4. The van der Waals surface area contributed by atoms with Crippen LogP contribution in [0, 0.1) is 5.92 Å². The molecule has 1 aromatic carbocycles. The van der Waals surface area contributed by atoms with Crippen LogP contribution in [0.5, 0.6) is 0 Å². The van der Waals surface area contributed by atoms with E-state index in [1.54, 1.807) is 18.2 Å². The Balaban J connectivity index is 1.44. The Kier molecular flexibility index (Phi) is 4.47. The third kappa shape index (κ3) is 3.16. The highest BCUT2D eigenvalue weighted by atomic mass is 35.5. The minimum atomic E-state index is -0.923. The van der Waals surface area contributed by atoms with Gasteiger partial charge in [-0.2, -0.15) is 0 Å². The summed E-state index contributed by atoms with van der Waals surface area (Å²) in [7, 11) is 0. The van der Waals surface area contributed by atoms with Gasteiger partial charge in [-0.05, 0) is 31.4 Å². The third-order valence-corrected chi connectivity index (χ3v) is 6.68. The van der Waals surface area contributed by atoms with Gasteiger partial charge in [-0.1, -0.05) is 34.4 Å². The van der Waals surface area contributed by atoms with Crippen molar-refractivity contribution in [1.82, 2.24) is 10.1 Å². The number of aromatic nitrogens is 1. The van der Waals surface area contributed by atoms with Crippen molar-refractivity contribution in [1.29, 1.82) is 0 Å². The standard InChI is InChI=1S/C20H18Cl2N2O5/c21-12-2-1-3-13(22)15(12)17-16(18(29-23-17)9-4-5-9)19(25)28-14-7-11-6-10(14)8-24(11)20(26)27/h1-3,9-11,14H,4-8H2,(H,26,27)/t10-,11-,14-/m0/s1. The molecule has 0 spiro atoms. The van der Waals surface area contributed by atoms with Crippen LogP contribution in [0.2, 0.25) is 10.0 Å². The lowest BCUT2D eigenvalue weighted by Gasteiger charge is -2.29. The largest absolute Gasteiger partial charge is 0.465 e. The molecule has 2 saturated carbocycles. The fourth-order valence-corrected chi connectivity index (χ4v) is 5.08. The number of amides is 1. The summed E-state index contributed by atoms with van der Waals surface area (Å²) >= 11 is 12.7. The van der Waals surface area contributed by atoms with Gasteiger partial charge in [0.15, 0.2) is 5.76 Å². The fraction of sp³-hybridized carbons (Fsp3) is 0.450. The number of halogens is 2. The van der Waals surface area contributed by atoms with Crippen molar-refractivity contribution >= 4 is 35.3 Å². The number of carbonyl (C=O) groups excluding carboxylic acids is 1. The topological polar surface area (TPSA) is 92.9 Å². The molecule has 2 bridgehead atoms. The number of esters is 1. The predicted molar refractivity (Wildman–Crippen MR) is 104 cm³/mol. The molecule has 9 heteroatoms. The average Bonchev–Trinajstić information content (AvgIpc) is 3.11. The number of nitrogens with zero attached hydrogens (tertiary/aromatic N) is 2. The van der Waals surface area contributed by atoms with Crippen LogP contribution in [0.4, 0.5) is 4.79 Å². The van der Waals surface area contributed by atoms with E-state index in [9.17, 15) is 14.7 Å². The maximum Gasteiger partial charge on any atom is 0.407 e. The monoisotopic (exact) mass is 436 g/mol. The van der Waals surface area contributed by atoms with Crippen LogP contribution >= 0.6 is 23.2 Å². The summed E-state index contributed by atoms with van der Waals surface area (Å²) in [6, 6.07) is 4.98. The molecule has 3 atom stereocenters. The van der Waals surface area contributed by atoms with Gasteiger partial charge in [-0.3, -0.25) is 0 Å². The van der Waals surface area contributed by atoms with Gasteiger partial charge in [0.05, 0.1) is 10.0 Å². The molecular weight excluding hydrogens is 419 g/mol. The Morgan fingerprint density at radius 3 is 2.52 bits per heavy atom. The minimum Gasteiger partial charge on any atom is -0.465 e. The molecule has 7 nitrogen and oxygen atoms in total. The first kappa shape index (κ1) is 18.8. The van der Waals surface area contributed by atoms with Gasteiger partial charge in [0.25, 0.3) is 0 Å². The lowest BCUT2D eigenvalue weighted by Crippen LogP contribution is -2.42. The molecule has 2 aliphatic carbocycles. The molecule has 5 rings (SSSR count). The first-order valence-corrected chi connectivity index (χ1v) is 10.3. The normalized spacial score (nSPS) is 25.4. The van der Waals surface area contributed by atoms with E-state index in [1.165, 1.54) is 4.90 Å². The van der Waals surface area contributed by atoms with Crippen molar-refractivity contribution in [3.05, 3.63) is 39.6 Å². The minimum absolute atomic E-state index is 0.0108. The molecule has 152 valence electrons. The molecule has 1 aliphatic heterocycles. The predicted octanol–water partition coefficient (Wildman–Crippen LogP) is 4.82. The molecule has 1 N–H and O–H groups in total. The van der Waals surface area contributed by atoms with Gasteiger partial charge < -0.3 is 19.3 Å². The first-order valence-electron chi connectivity index (χ1n) is 9.58. The summed E-state index contributed by atoms with van der Waals surface area (Å²) in [6.45, 7) is 0.389. The smallest absolute Gasteiger partial charge is 0.407 e. The van der Waals surface area contributed by atoms with E-state index in [0.717, 1.165) is 12.8 Å². The van der Waals surface area contributed by atoms with Crippen LogP contribution in [0.3, 0.4) is 0 Å². The summed E-state index contributed by atoms with van der Waals surface area (Å²) in [5.41, 5.74) is 1.02. The second-order valence-electron chi connectivity index (χ2n) is 7.91. The van der Waals surface area contributed by atoms with Gasteiger partial charge in [-0.15, -0.1) is 0 Å². The van der Waals surface area contributed by atoms with E-state index in [0.29, 0.717) is 46.4 Å². The quantitative estimate of drug-likeness (QED) is 0.690. The Bertz CT molecular complexity index is 983. The molecule has 1 saturated heterocycles. The van der Waals surface area contributed by atoms with Gasteiger partial charge in [0, 0.05) is 36.4 Å². The van der Waals surface area contributed by atoms with E-state index in [4.69, 9.17) is 32.5 Å². The first-order chi connectivity index (χ1) is 13.9. The van der Waals surface area contributed by atoms with Gasteiger partial charge >= 0.3 is 12.1 Å². The summed E-state index contributed by atoms with van der Waals surface area (Å²) in [5.74, 6) is 0.147. The molecule has 0 radical (unpaired) electrons. The van der Waals surface area contributed by atoms with Crippen molar-refractivity contribution < 1.29 is 24.0 Å². The number of piperidine rings is 1. The number of carboxylic acid groups (broad SMARTS) is 1. The number of carbonyl (C=O) groups is 2. The molecule has 0 unspecified atom stereocenters. The molecule has 3 fully saturated rings. The lowest BCUT2D eigenvalue weighted by molar-refractivity contribution is 0.00858. The SMILES string of the molecule is O=C(O[C@H]1C[C@@H]2C[C@H]1CN2C(=O)O)c1c(-c2c(Cl)cccc2Cl)noc1C1CC1. The Labute approximate surface area is 176 Å². The summed E-state index contributed by atoms with van der Waals surface area (Å²) < 4.78 is 11.4. The van der Waals surface area contributed by atoms with Gasteiger partial charge in [0.2, 0.25) is 0 Å². The highest BCUT2D eigenvalue weighted by molar-refractivity contribution is 6.39. The molecule has 2 aromatic rings. The maximum absolute atomic E-state index is 13.2. The number of hydrogen-bond donors (Lipinski definition) is 1. The lowest BCUT2D eigenvalue weighted by atomic mass is 10.0. The molecule has 3 aliphatic rings. The number of benzene rings is 1. The van der Waals surface area contributed by atoms with Crippen molar-refractivity contribution in [3.63, 3.8) is 0 Å². The molecule has 1 amide bonds.